The molecule has 1 aromatic carbocycles. The molecule has 5 aromatic heterocycles. The van der Waals surface area contributed by atoms with Gasteiger partial charge in [0.2, 0.25) is 5.71 Å². The van der Waals surface area contributed by atoms with Crippen LogP contribution < -0.4 is 5.19 Å². The first-order chi connectivity index (χ1) is 22.4. The predicted molar refractivity (Wildman–Crippen MR) is 196 cm³/mol. The Morgan fingerprint density at radius 1 is 0.917 bits per heavy atom. The quantitative estimate of drug-likeness (QED) is 0.124. The fraction of sp³-hybridized carbons (Fsp3) is 0.366. The average molecular weight is 831 g/mol. The Labute approximate surface area is 300 Å². The van der Waals surface area contributed by atoms with Gasteiger partial charge >= 0.3 is 0 Å². The molecule has 0 amide bonds. The largest absolute Gasteiger partial charge is 0.486 e. The third-order valence-corrected chi connectivity index (χ3v) is 11.0. The number of nitrogens with zero attached hydrogens (tertiary/aromatic N) is 4. The molecule has 1 fully saturated rings. The van der Waals surface area contributed by atoms with Crippen LogP contribution in [-0.2, 0) is 32.9 Å². The molecular formula is C41H46IrN4OSi-2. The summed E-state index contributed by atoms with van der Waals surface area (Å²) in [6.45, 7) is 16.0. The van der Waals surface area contributed by atoms with Crippen molar-refractivity contribution in [3.05, 3.63) is 102 Å². The van der Waals surface area contributed by atoms with E-state index in [1.54, 1.807) is 6.20 Å². The minimum Gasteiger partial charge on any atom is -0.486 e. The van der Waals surface area contributed by atoms with E-state index < -0.39 is 8.07 Å². The maximum Gasteiger partial charge on any atom is 0.216 e. The molecule has 0 bridgehead atoms. The molecule has 0 saturated heterocycles. The van der Waals surface area contributed by atoms with E-state index in [2.05, 4.69) is 98.1 Å². The van der Waals surface area contributed by atoms with Crippen LogP contribution in [0.5, 0.6) is 0 Å². The van der Waals surface area contributed by atoms with Crippen molar-refractivity contribution in [2.45, 2.75) is 85.9 Å². The second-order valence-corrected chi connectivity index (χ2v) is 20.3. The molecule has 7 rings (SSSR count). The number of pyridine rings is 4. The fourth-order valence-corrected chi connectivity index (χ4v) is 8.24. The Hall–Kier alpha value is -3.51. The first-order valence-corrected chi connectivity index (χ1v) is 20.4. The van der Waals surface area contributed by atoms with Gasteiger partial charge in [-0.05, 0) is 83.7 Å². The first-order valence-electron chi connectivity index (χ1n) is 16.9. The number of hydrogen-bond acceptors (Lipinski definition) is 5. The van der Waals surface area contributed by atoms with Crippen molar-refractivity contribution in [2.24, 2.45) is 11.3 Å². The molecule has 7 heteroatoms. The smallest absolute Gasteiger partial charge is 0.216 e. The predicted octanol–water partition coefficient (Wildman–Crippen LogP) is 9.96. The van der Waals surface area contributed by atoms with Crippen LogP contribution in [0, 0.1) is 30.5 Å². The minimum atomic E-state index is -1.37. The number of furan rings is 1. The normalized spacial score (nSPS) is 13.7. The van der Waals surface area contributed by atoms with Crippen molar-refractivity contribution in [3.8, 4) is 22.5 Å². The molecule has 5 heterocycles. The summed E-state index contributed by atoms with van der Waals surface area (Å²) >= 11 is 0. The molecule has 6 aromatic rings. The Morgan fingerprint density at radius 2 is 1.71 bits per heavy atom. The Kier molecular flexibility index (Phi) is 11.1. The molecule has 1 aliphatic rings. The average Bonchev–Trinajstić information content (AvgIpc) is 3.68. The van der Waals surface area contributed by atoms with Gasteiger partial charge in [0.15, 0.2) is 0 Å². The summed E-state index contributed by atoms with van der Waals surface area (Å²) in [6, 6.07) is 22.0. The molecule has 0 atom stereocenters. The molecule has 1 radical (unpaired) electrons. The zero-order valence-electron chi connectivity index (χ0n) is 29.3. The standard InChI is InChI=1S/C22H20N3O.C19H26NSi.Ir/c1-14-6-7-17-18-12-23-13-19(21(18)26-22(17)25-14)20-11-16(8-9-24-20)10-15-4-2-3-5-15;1-19(2,3)13-16-12-17(15-10-8-7-9-11-15)20-14-18(16)21(4,5)6;/h6-9,11-12,15H,2-5,10H2,1H3;7-10,12,14H,13H2,1-6H3;/q2*-1;. The van der Waals surface area contributed by atoms with Crippen LogP contribution in [0.2, 0.25) is 19.6 Å². The van der Waals surface area contributed by atoms with Crippen molar-refractivity contribution < 1.29 is 24.5 Å². The fourth-order valence-electron chi connectivity index (χ4n) is 6.66. The summed E-state index contributed by atoms with van der Waals surface area (Å²) in [4.78, 5) is 18.1. The van der Waals surface area contributed by atoms with Crippen LogP contribution in [-0.4, -0.2) is 28.0 Å². The van der Waals surface area contributed by atoms with Crippen molar-refractivity contribution >= 4 is 35.3 Å². The van der Waals surface area contributed by atoms with Gasteiger partial charge in [-0.25, -0.2) is 4.98 Å². The van der Waals surface area contributed by atoms with E-state index >= 15 is 0 Å². The van der Waals surface area contributed by atoms with Crippen molar-refractivity contribution in [2.75, 3.05) is 0 Å². The number of hydrogen-bond donors (Lipinski definition) is 0. The second kappa shape index (κ2) is 14.9. The third-order valence-electron chi connectivity index (χ3n) is 8.91. The number of fused-ring (bicyclic) bond motifs is 3. The Morgan fingerprint density at radius 3 is 2.42 bits per heavy atom. The van der Waals surface area contributed by atoms with Gasteiger partial charge < -0.3 is 19.4 Å². The van der Waals surface area contributed by atoms with Crippen molar-refractivity contribution in [1.29, 1.82) is 0 Å². The first kappa shape index (κ1) is 35.8. The number of aromatic nitrogens is 4. The Balaban J connectivity index is 0.000000189. The van der Waals surface area contributed by atoms with Crippen molar-refractivity contribution in [3.63, 3.8) is 0 Å². The monoisotopic (exact) mass is 831 g/mol. The maximum atomic E-state index is 6.07. The molecule has 1 saturated carbocycles. The maximum absolute atomic E-state index is 6.07. The van der Waals surface area contributed by atoms with Crippen LogP contribution in [0.15, 0.2) is 77.6 Å². The van der Waals surface area contributed by atoms with Gasteiger partial charge in [-0.2, -0.15) is 0 Å². The van der Waals surface area contributed by atoms with E-state index in [1.807, 2.05) is 43.5 Å². The van der Waals surface area contributed by atoms with Crippen LogP contribution in [0.3, 0.4) is 0 Å². The van der Waals surface area contributed by atoms with Crippen LogP contribution in [0.1, 0.15) is 63.3 Å². The summed E-state index contributed by atoms with van der Waals surface area (Å²) < 4.78 is 6.07. The number of rotatable bonds is 6. The number of benzene rings is 1. The van der Waals surface area contributed by atoms with Gasteiger partial charge in [0, 0.05) is 43.6 Å². The topological polar surface area (TPSA) is 64.7 Å². The van der Waals surface area contributed by atoms with Gasteiger partial charge in [0.25, 0.3) is 0 Å². The van der Waals surface area contributed by atoms with Gasteiger partial charge in [0.1, 0.15) is 0 Å². The molecule has 251 valence electrons. The Bertz CT molecular complexity index is 1990. The molecule has 48 heavy (non-hydrogen) atoms. The third kappa shape index (κ3) is 8.55. The molecule has 0 aliphatic heterocycles. The van der Waals surface area contributed by atoms with E-state index in [0.717, 1.165) is 63.3 Å². The van der Waals surface area contributed by atoms with E-state index in [4.69, 9.17) is 9.40 Å². The van der Waals surface area contributed by atoms with Gasteiger partial charge in [0.05, 0.1) is 13.7 Å². The molecule has 0 N–H and O–H groups in total. The second-order valence-electron chi connectivity index (χ2n) is 15.3. The van der Waals surface area contributed by atoms with Gasteiger partial charge in [-0.1, -0.05) is 94.9 Å². The summed E-state index contributed by atoms with van der Waals surface area (Å²) in [7, 11) is -1.37. The minimum absolute atomic E-state index is 0. The molecular weight excluding hydrogens is 785 g/mol. The summed E-state index contributed by atoms with van der Waals surface area (Å²) in [5.74, 6) is 0.807. The SMILES string of the molecule is CC(C)(C)Cc1cc(-c2[c-]cccc2)ncc1[Si](C)(C)C.Cc1ccc2c(n1)oc1c(-c3cc(CC4CCCC4)ccn3)[c-]ncc12.[Ir]. The van der Waals surface area contributed by atoms with Gasteiger partial charge in [-0.15, -0.1) is 35.9 Å². The van der Waals surface area contributed by atoms with Crippen LogP contribution in [0.25, 0.3) is 44.6 Å². The number of aryl methyl sites for hydroxylation is 1. The van der Waals surface area contributed by atoms with Crippen LogP contribution in [0.4, 0.5) is 0 Å². The van der Waals surface area contributed by atoms with Gasteiger partial charge in [-0.3, -0.25) is 0 Å². The van der Waals surface area contributed by atoms with Crippen LogP contribution >= 0.6 is 0 Å². The summed E-state index contributed by atoms with van der Waals surface area (Å²) in [5.41, 5.74) is 9.22. The molecule has 0 unspecified atom stereocenters. The zero-order chi connectivity index (χ0) is 33.2. The van der Waals surface area contributed by atoms with E-state index in [-0.39, 0.29) is 25.5 Å². The van der Waals surface area contributed by atoms with E-state index in [1.165, 1.54) is 42.0 Å². The van der Waals surface area contributed by atoms with Crippen molar-refractivity contribution in [1.82, 2.24) is 19.9 Å². The molecule has 0 spiro atoms. The molecule has 1 aliphatic carbocycles. The van der Waals surface area contributed by atoms with E-state index in [0.29, 0.717) is 5.71 Å². The summed E-state index contributed by atoms with van der Waals surface area (Å²) in [5, 5.41) is 3.43. The van der Waals surface area contributed by atoms with E-state index in [9.17, 15) is 0 Å². The summed E-state index contributed by atoms with van der Waals surface area (Å²) in [6.07, 6.45) is 16.5. The zero-order valence-corrected chi connectivity index (χ0v) is 32.7. The molecule has 5 nitrogen and oxygen atoms in total.